The van der Waals surface area contributed by atoms with Crippen LogP contribution in [-0.2, 0) is 6.54 Å². The number of hydrogen-bond donors (Lipinski definition) is 0. The fourth-order valence-corrected chi connectivity index (χ4v) is 2.08. The van der Waals surface area contributed by atoms with E-state index in [1.54, 1.807) is 12.4 Å². The molecule has 0 unspecified atom stereocenters. The van der Waals surface area contributed by atoms with E-state index >= 15 is 0 Å². The highest BCUT2D eigenvalue weighted by Gasteiger charge is 2.09. The van der Waals surface area contributed by atoms with Gasteiger partial charge >= 0.3 is 0 Å². The molecule has 0 saturated heterocycles. The Kier molecular flexibility index (Phi) is 2.51. The second-order valence-corrected chi connectivity index (χ2v) is 4.19. The molecule has 0 fully saturated rings. The number of aromatic nitrogens is 5. The third kappa shape index (κ3) is 1.64. The van der Waals surface area contributed by atoms with Gasteiger partial charge in [-0.15, -0.1) is 10.2 Å². The molecule has 0 aliphatic carbocycles. The third-order valence-electron chi connectivity index (χ3n) is 3.00. The highest BCUT2D eigenvalue weighted by atomic mass is 15.1. The van der Waals surface area contributed by atoms with Crippen LogP contribution >= 0.6 is 0 Å². The Morgan fingerprint density at radius 3 is 2.67 bits per heavy atom. The van der Waals surface area contributed by atoms with E-state index in [0.717, 1.165) is 34.4 Å². The minimum atomic E-state index is 0.802. The summed E-state index contributed by atoms with van der Waals surface area (Å²) in [5.74, 6) is 0. The summed E-state index contributed by atoms with van der Waals surface area (Å²) >= 11 is 0. The zero-order chi connectivity index (χ0) is 12.5. The van der Waals surface area contributed by atoms with Crippen molar-refractivity contribution in [3.05, 3.63) is 36.5 Å². The third-order valence-corrected chi connectivity index (χ3v) is 3.00. The van der Waals surface area contributed by atoms with E-state index in [4.69, 9.17) is 0 Å². The van der Waals surface area contributed by atoms with Crippen LogP contribution in [0.3, 0.4) is 0 Å². The van der Waals surface area contributed by atoms with Gasteiger partial charge < -0.3 is 4.57 Å². The number of fused-ring (bicyclic) bond motifs is 1. The van der Waals surface area contributed by atoms with Gasteiger partial charge in [0.25, 0.3) is 0 Å². The maximum absolute atomic E-state index is 4.30. The zero-order valence-corrected chi connectivity index (χ0v) is 10.3. The van der Waals surface area contributed by atoms with Crippen molar-refractivity contribution in [1.29, 1.82) is 0 Å². The Labute approximate surface area is 105 Å². The molecule has 0 N–H and O–H groups in total. The Hall–Kier alpha value is -2.30. The van der Waals surface area contributed by atoms with Crippen LogP contribution < -0.4 is 0 Å². The Morgan fingerprint density at radius 1 is 1.17 bits per heavy atom. The molecule has 0 aliphatic rings. The molecule has 0 atom stereocenters. The van der Waals surface area contributed by atoms with Gasteiger partial charge in [0.05, 0.1) is 11.2 Å². The van der Waals surface area contributed by atoms with Crippen LogP contribution in [0.5, 0.6) is 0 Å². The second-order valence-electron chi connectivity index (χ2n) is 4.19. The van der Waals surface area contributed by atoms with Crippen molar-refractivity contribution in [3.63, 3.8) is 0 Å². The van der Waals surface area contributed by atoms with Crippen LogP contribution in [0.1, 0.15) is 12.5 Å². The van der Waals surface area contributed by atoms with E-state index in [0.29, 0.717) is 0 Å². The molecule has 18 heavy (non-hydrogen) atoms. The monoisotopic (exact) mass is 239 g/mol. The SMILES string of the molecule is CCn1cc(C)c2nnc(-c3cncnc3)cc21. The lowest BCUT2D eigenvalue weighted by molar-refractivity contribution is 0.794. The van der Waals surface area contributed by atoms with Crippen molar-refractivity contribution in [2.24, 2.45) is 0 Å². The summed E-state index contributed by atoms with van der Waals surface area (Å²) in [6.45, 7) is 5.08. The Bertz CT molecular complexity index is 687. The van der Waals surface area contributed by atoms with Gasteiger partial charge in [0, 0.05) is 30.7 Å². The van der Waals surface area contributed by atoms with Crippen molar-refractivity contribution in [1.82, 2.24) is 24.7 Å². The fourth-order valence-electron chi connectivity index (χ4n) is 2.08. The first-order valence-electron chi connectivity index (χ1n) is 5.88. The van der Waals surface area contributed by atoms with Gasteiger partial charge in [-0.25, -0.2) is 9.97 Å². The molecule has 0 spiro atoms. The van der Waals surface area contributed by atoms with Gasteiger partial charge in [0.15, 0.2) is 0 Å². The standard InChI is InChI=1S/C13H13N5/c1-3-18-7-9(2)13-12(18)4-11(16-17-13)10-5-14-8-15-6-10/h4-8H,3H2,1-2H3. The molecular formula is C13H13N5. The molecule has 0 aromatic carbocycles. The molecule has 3 aromatic rings. The van der Waals surface area contributed by atoms with E-state index in [1.165, 1.54) is 6.33 Å². The van der Waals surface area contributed by atoms with Gasteiger partial charge in [-0.05, 0) is 25.5 Å². The average molecular weight is 239 g/mol. The number of rotatable bonds is 2. The van der Waals surface area contributed by atoms with Crippen LogP contribution in [-0.4, -0.2) is 24.7 Å². The number of aryl methyl sites for hydroxylation is 2. The predicted molar refractivity (Wildman–Crippen MR) is 69.0 cm³/mol. The van der Waals surface area contributed by atoms with Crippen molar-refractivity contribution in [3.8, 4) is 11.3 Å². The van der Waals surface area contributed by atoms with Crippen LogP contribution in [0.25, 0.3) is 22.3 Å². The summed E-state index contributed by atoms with van der Waals surface area (Å²) < 4.78 is 2.17. The molecule has 5 nitrogen and oxygen atoms in total. The van der Waals surface area contributed by atoms with Crippen LogP contribution in [0, 0.1) is 6.92 Å². The molecule has 3 aromatic heterocycles. The molecule has 0 bridgehead atoms. The van der Waals surface area contributed by atoms with Crippen LogP contribution in [0.15, 0.2) is 31.0 Å². The van der Waals surface area contributed by atoms with Crippen LogP contribution in [0.4, 0.5) is 0 Å². The topological polar surface area (TPSA) is 56.5 Å². The highest BCUT2D eigenvalue weighted by Crippen LogP contribution is 2.22. The number of hydrogen-bond acceptors (Lipinski definition) is 4. The first-order chi connectivity index (χ1) is 8.79. The summed E-state index contributed by atoms with van der Waals surface area (Å²) in [5.41, 5.74) is 4.89. The molecule has 0 saturated carbocycles. The molecule has 90 valence electrons. The molecule has 0 aliphatic heterocycles. The number of nitrogens with zero attached hydrogens (tertiary/aromatic N) is 5. The Morgan fingerprint density at radius 2 is 1.94 bits per heavy atom. The molecule has 0 amide bonds. The lowest BCUT2D eigenvalue weighted by atomic mass is 10.2. The average Bonchev–Trinajstić information content (AvgIpc) is 2.76. The summed E-state index contributed by atoms with van der Waals surface area (Å²) in [4.78, 5) is 8.01. The van der Waals surface area contributed by atoms with Gasteiger partial charge in [-0.1, -0.05) is 0 Å². The summed E-state index contributed by atoms with van der Waals surface area (Å²) in [5, 5.41) is 8.54. The van der Waals surface area contributed by atoms with E-state index < -0.39 is 0 Å². The quantitative estimate of drug-likeness (QED) is 0.688. The highest BCUT2D eigenvalue weighted by molar-refractivity contribution is 5.82. The predicted octanol–water partition coefficient (Wildman–Crippen LogP) is 2.22. The van der Waals surface area contributed by atoms with Gasteiger partial charge in [0.1, 0.15) is 11.8 Å². The molecule has 3 heterocycles. The maximum Gasteiger partial charge on any atom is 0.115 e. The van der Waals surface area contributed by atoms with Crippen molar-refractivity contribution in [2.75, 3.05) is 0 Å². The lowest BCUT2D eigenvalue weighted by Gasteiger charge is -2.02. The molecular weight excluding hydrogens is 226 g/mol. The Balaban J connectivity index is 2.22. The molecule has 0 radical (unpaired) electrons. The van der Waals surface area contributed by atoms with E-state index in [2.05, 4.69) is 44.8 Å². The normalized spacial score (nSPS) is 11.0. The van der Waals surface area contributed by atoms with Crippen molar-refractivity contribution < 1.29 is 0 Å². The summed E-state index contributed by atoms with van der Waals surface area (Å²) in [6, 6.07) is 2.04. The second kappa shape index (κ2) is 4.18. The smallest absolute Gasteiger partial charge is 0.115 e. The maximum atomic E-state index is 4.30. The summed E-state index contributed by atoms with van der Waals surface area (Å²) in [7, 11) is 0. The first kappa shape index (κ1) is 10.8. The van der Waals surface area contributed by atoms with Crippen molar-refractivity contribution in [2.45, 2.75) is 20.4 Å². The van der Waals surface area contributed by atoms with Gasteiger partial charge in [-0.2, -0.15) is 0 Å². The minimum absolute atomic E-state index is 0.802. The molecule has 5 heteroatoms. The van der Waals surface area contributed by atoms with Gasteiger partial charge in [0.2, 0.25) is 0 Å². The lowest BCUT2D eigenvalue weighted by Crippen LogP contribution is -1.94. The minimum Gasteiger partial charge on any atom is -0.346 e. The first-order valence-corrected chi connectivity index (χ1v) is 5.88. The van der Waals surface area contributed by atoms with E-state index in [-0.39, 0.29) is 0 Å². The summed E-state index contributed by atoms with van der Waals surface area (Å²) in [6.07, 6.45) is 7.10. The largest absolute Gasteiger partial charge is 0.346 e. The van der Waals surface area contributed by atoms with E-state index in [9.17, 15) is 0 Å². The zero-order valence-electron chi connectivity index (χ0n) is 10.3. The van der Waals surface area contributed by atoms with E-state index in [1.807, 2.05) is 6.07 Å². The molecule has 3 rings (SSSR count). The van der Waals surface area contributed by atoms with Crippen LogP contribution in [0.2, 0.25) is 0 Å². The fraction of sp³-hybridized carbons (Fsp3) is 0.231. The van der Waals surface area contributed by atoms with Gasteiger partial charge in [-0.3, -0.25) is 0 Å². The van der Waals surface area contributed by atoms with Crippen molar-refractivity contribution >= 4 is 11.0 Å².